The van der Waals surface area contributed by atoms with Crippen molar-refractivity contribution in [3.63, 3.8) is 0 Å². The molecule has 3 nitrogen and oxygen atoms in total. The van der Waals surface area contributed by atoms with Gasteiger partial charge in [0.15, 0.2) is 0 Å². The summed E-state index contributed by atoms with van der Waals surface area (Å²) in [6, 6.07) is 8.36. The van der Waals surface area contributed by atoms with Gasteiger partial charge in [0, 0.05) is 25.0 Å². The lowest BCUT2D eigenvalue weighted by Crippen LogP contribution is -2.56. The number of aryl methyl sites for hydroxylation is 1. The Hall–Kier alpha value is -0.683. The van der Waals surface area contributed by atoms with E-state index < -0.39 is 8.80 Å². The fourth-order valence-electron chi connectivity index (χ4n) is 2.02. The van der Waals surface area contributed by atoms with Gasteiger partial charge < -0.3 is 13.3 Å². The maximum absolute atomic E-state index is 5.88. The summed E-state index contributed by atoms with van der Waals surface area (Å²) >= 11 is 0. The molecule has 0 aliphatic rings. The largest absolute Gasteiger partial charge is 0.537 e. The molecule has 1 rings (SSSR count). The third kappa shape index (κ3) is 4.42. The second kappa shape index (κ2) is 8.48. The lowest BCUT2D eigenvalue weighted by molar-refractivity contribution is 0.0859. The van der Waals surface area contributed by atoms with Gasteiger partial charge in [-0.1, -0.05) is 31.2 Å². The van der Waals surface area contributed by atoms with Crippen molar-refractivity contribution < 1.29 is 13.3 Å². The summed E-state index contributed by atoms with van der Waals surface area (Å²) in [5, 5.41) is 1.03. The molecule has 4 heteroatoms. The Morgan fingerprint density at radius 3 is 1.74 bits per heavy atom. The minimum absolute atomic E-state index is 0.590. The van der Waals surface area contributed by atoms with Gasteiger partial charge in [0.2, 0.25) is 0 Å². The topological polar surface area (TPSA) is 27.7 Å². The molecule has 0 saturated carbocycles. The van der Waals surface area contributed by atoms with Crippen molar-refractivity contribution in [2.45, 2.75) is 33.6 Å². The van der Waals surface area contributed by atoms with Crippen LogP contribution in [0.3, 0.4) is 0 Å². The van der Waals surface area contributed by atoms with Crippen LogP contribution < -0.4 is 5.19 Å². The molecule has 0 fully saturated rings. The molecule has 0 aliphatic heterocycles. The van der Waals surface area contributed by atoms with Crippen LogP contribution in [0, 0.1) is 6.92 Å². The Balaban J connectivity index is 3.00. The number of hydrogen-bond donors (Lipinski definition) is 0. The zero-order valence-electron chi connectivity index (χ0n) is 12.3. The lowest BCUT2D eigenvalue weighted by atomic mass is 10.1. The first-order chi connectivity index (χ1) is 9.22. The molecule has 0 spiro atoms. The zero-order valence-corrected chi connectivity index (χ0v) is 13.3. The smallest absolute Gasteiger partial charge is 0.370 e. The summed E-state index contributed by atoms with van der Waals surface area (Å²) in [6.45, 7) is 11.6. The Labute approximate surface area is 118 Å². The fourth-order valence-corrected chi connectivity index (χ4v) is 4.49. The second-order valence-electron chi connectivity index (χ2n) is 4.16. The highest BCUT2D eigenvalue weighted by Crippen LogP contribution is 2.12. The van der Waals surface area contributed by atoms with Crippen molar-refractivity contribution in [3.8, 4) is 0 Å². The molecule has 0 heterocycles. The maximum Gasteiger partial charge on any atom is 0.537 e. The zero-order chi connectivity index (χ0) is 14.1. The molecule has 0 amide bonds. The van der Waals surface area contributed by atoms with Crippen LogP contribution in [0.5, 0.6) is 0 Å². The monoisotopic (exact) mass is 281 g/mol. The highest BCUT2D eigenvalue weighted by molar-refractivity contribution is 6.75. The van der Waals surface area contributed by atoms with Gasteiger partial charge in [0.25, 0.3) is 0 Å². The van der Waals surface area contributed by atoms with Gasteiger partial charge in [-0.15, -0.1) is 0 Å². The first kappa shape index (κ1) is 16.4. The summed E-state index contributed by atoms with van der Waals surface area (Å²) in [5.41, 5.74) is 1.28. The fraction of sp³-hybridized carbons (Fsp3) is 0.533. The van der Waals surface area contributed by atoms with Gasteiger partial charge in [-0.05, 0) is 39.2 Å². The molecule has 0 unspecified atom stereocenters. The molecular formula is C15H25O3Si. The maximum atomic E-state index is 5.88. The molecule has 0 aromatic heterocycles. The lowest BCUT2D eigenvalue weighted by Gasteiger charge is -2.28. The number of hydrogen-bond acceptors (Lipinski definition) is 3. The predicted octanol–water partition coefficient (Wildman–Crippen LogP) is 2.71. The number of rotatable bonds is 9. The van der Waals surface area contributed by atoms with Crippen LogP contribution in [0.25, 0.3) is 0 Å². The van der Waals surface area contributed by atoms with E-state index in [0.29, 0.717) is 19.8 Å². The SMILES string of the molecule is [CH2]CCc1ccc([Si](OCC)(OCC)OCC)cc1. The average molecular weight is 281 g/mol. The quantitative estimate of drug-likeness (QED) is 0.651. The van der Waals surface area contributed by atoms with Crippen LogP contribution in [0.2, 0.25) is 0 Å². The normalized spacial score (nSPS) is 11.8. The van der Waals surface area contributed by atoms with Crippen molar-refractivity contribution in [1.29, 1.82) is 0 Å². The van der Waals surface area contributed by atoms with Crippen molar-refractivity contribution in [2.75, 3.05) is 19.8 Å². The Morgan fingerprint density at radius 2 is 1.37 bits per heavy atom. The van der Waals surface area contributed by atoms with E-state index in [0.717, 1.165) is 18.0 Å². The summed E-state index contributed by atoms with van der Waals surface area (Å²) < 4.78 is 17.6. The van der Waals surface area contributed by atoms with Gasteiger partial charge in [-0.2, -0.15) is 0 Å². The molecule has 0 atom stereocenters. The van der Waals surface area contributed by atoms with E-state index in [1.165, 1.54) is 5.56 Å². The van der Waals surface area contributed by atoms with Crippen LogP contribution in [-0.2, 0) is 19.7 Å². The molecule has 0 saturated heterocycles. The third-order valence-electron chi connectivity index (χ3n) is 2.78. The molecule has 107 valence electrons. The molecule has 1 aromatic rings. The Kier molecular flexibility index (Phi) is 7.31. The van der Waals surface area contributed by atoms with Gasteiger partial charge in [-0.25, -0.2) is 0 Å². The van der Waals surface area contributed by atoms with Crippen molar-refractivity contribution in [2.24, 2.45) is 0 Å². The van der Waals surface area contributed by atoms with E-state index in [4.69, 9.17) is 13.3 Å². The highest BCUT2D eigenvalue weighted by atomic mass is 28.4. The predicted molar refractivity (Wildman–Crippen MR) is 80.4 cm³/mol. The van der Waals surface area contributed by atoms with E-state index in [1.807, 2.05) is 20.8 Å². The van der Waals surface area contributed by atoms with Crippen molar-refractivity contribution in [1.82, 2.24) is 0 Å². The van der Waals surface area contributed by atoms with Gasteiger partial charge in [-0.3, -0.25) is 0 Å². The molecule has 1 aromatic carbocycles. The second-order valence-corrected chi connectivity index (χ2v) is 6.71. The molecular weight excluding hydrogens is 256 g/mol. The van der Waals surface area contributed by atoms with Crippen LogP contribution >= 0.6 is 0 Å². The molecule has 0 aliphatic carbocycles. The Bertz CT molecular complexity index is 334. The van der Waals surface area contributed by atoms with E-state index >= 15 is 0 Å². The third-order valence-corrected chi connectivity index (χ3v) is 5.82. The van der Waals surface area contributed by atoms with Crippen molar-refractivity contribution in [3.05, 3.63) is 36.8 Å². The standard InChI is InChI=1S/C15H25O3Si/c1-5-9-14-10-12-15(13-11-14)19(16-6-2,17-7-3)18-8-4/h10-13H,1,5-9H2,2-4H3. The van der Waals surface area contributed by atoms with E-state index in [2.05, 4.69) is 31.2 Å². The average Bonchev–Trinajstić information content (AvgIpc) is 2.41. The summed E-state index contributed by atoms with van der Waals surface area (Å²) in [7, 11) is -2.73. The highest BCUT2D eigenvalue weighted by Gasteiger charge is 2.42. The first-order valence-corrected chi connectivity index (χ1v) is 8.75. The summed E-state index contributed by atoms with van der Waals surface area (Å²) in [4.78, 5) is 0. The minimum Gasteiger partial charge on any atom is -0.370 e. The van der Waals surface area contributed by atoms with Gasteiger partial charge in [0.05, 0.1) is 0 Å². The molecule has 1 radical (unpaired) electrons. The van der Waals surface area contributed by atoms with E-state index in [1.54, 1.807) is 0 Å². The van der Waals surface area contributed by atoms with Crippen LogP contribution in [0.4, 0.5) is 0 Å². The molecule has 0 N–H and O–H groups in total. The van der Waals surface area contributed by atoms with Crippen LogP contribution in [-0.4, -0.2) is 28.6 Å². The molecule has 19 heavy (non-hydrogen) atoms. The summed E-state index contributed by atoms with van der Waals surface area (Å²) in [5.74, 6) is 0. The van der Waals surface area contributed by atoms with E-state index in [-0.39, 0.29) is 0 Å². The summed E-state index contributed by atoms with van der Waals surface area (Å²) in [6.07, 6.45) is 1.90. The van der Waals surface area contributed by atoms with E-state index in [9.17, 15) is 0 Å². The van der Waals surface area contributed by atoms with Crippen molar-refractivity contribution >= 4 is 14.0 Å². The van der Waals surface area contributed by atoms with Gasteiger partial charge >= 0.3 is 8.80 Å². The van der Waals surface area contributed by atoms with Crippen LogP contribution in [0.1, 0.15) is 32.8 Å². The Morgan fingerprint density at radius 1 is 0.895 bits per heavy atom. The number of benzene rings is 1. The molecule has 0 bridgehead atoms. The minimum atomic E-state index is -2.73. The van der Waals surface area contributed by atoms with Crippen LogP contribution in [0.15, 0.2) is 24.3 Å². The van der Waals surface area contributed by atoms with Gasteiger partial charge in [0.1, 0.15) is 0 Å². The first-order valence-electron chi connectivity index (χ1n) is 7.02.